The van der Waals surface area contributed by atoms with Crippen molar-refractivity contribution in [1.82, 2.24) is 20.1 Å². The number of allylic oxidation sites excluding steroid dienone is 1. The number of carbonyl (C=O) groups excluding carboxylic acids is 1. The van der Waals surface area contributed by atoms with Crippen molar-refractivity contribution in [2.75, 3.05) is 0 Å². The van der Waals surface area contributed by atoms with Crippen molar-refractivity contribution in [3.05, 3.63) is 53.9 Å². The average Bonchev–Trinajstić information content (AvgIpc) is 3.32. The quantitative estimate of drug-likeness (QED) is 0.578. The van der Waals surface area contributed by atoms with E-state index in [1.165, 1.54) is 0 Å². The van der Waals surface area contributed by atoms with Gasteiger partial charge in [-0.2, -0.15) is 0 Å². The van der Waals surface area contributed by atoms with E-state index in [4.69, 9.17) is 0 Å². The number of hydrogen-bond acceptors (Lipinski definition) is 4. The van der Waals surface area contributed by atoms with E-state index in [9.17, 15) is 4.79 Å². The first-order valence-corrected chi connectivity index (χ1v) is 9.64. The van der Waals surface area contributed by atoms with Crippen LogP contribution in [0.5, 0.6) is 0 Å². The van der Waals surface area contributed by atoms with Gasteiger partial charge in [-0.15, -0.1) is 16.8 Å². The summed E-state index contributed by atoms with van der Waals surface area (Å²) in [6.45, 7) is 8.73. The van der Waals surface area contributed by atoms with Crippen LogP contribution >= 0.6 is 11.8 Å². The van der Waals surface area contributed by atoms with Gasteiger partial charge in [0.2, 0.25) is 0 Å². The van der Waals surface area contributed by atoms with Crippen molar-refractivity contribution in [2.45, 2.75) is 56.1 Å². The largest absolute Gasteiger partial charge is 0.349 e. The standard InChI is InChI=1S/C19H24N4OS/c1-4-11-23-17(13(2)3)21-22-19(23)25-12-14-7-5-6-8-16(14)18(24)20-15-9-10-15/h4-8,13,15H,1,9-12H2,2-3H3,(H,20,24). The highest BCUT2D eigenvalue weighted by atomic mass is 32.2. The van der Waals surface area contributed by atoms with E-state index >= 15 is 0 Å². The third kappa shape index (κ3) is 4.31. The second-order valence-corrected chi connectivity index (χ2v) is 7.53. The predicted molar refractivity (Wildman–Crippen MR) is 101 cm³/mol. The van der Waals surface area contributed by atoms with Crippen molar-refractivity contribution in [3.63, 3.8) is 0 Å². The Morgan fingerprint density at radius 1 is 1.40 bits per heavy atom. The zero-order valence-corrected chi connectivity index (χ0v) is 15.6. The molecule has 3 rings (SSSR count). The fraction of sp³-hybridized carbons (Fsp3) is 0.421. The third-order valence-corrected chi connectivity index (χ3v) is 5.12. The van der Waals surface area contributed by atoms with Crippen LogP contribution in [0.15, 0.2) is 42.1 Å². The van der Waals surface area contributed by atoms with E-state index in [2.05, 4.69) is 40.5 Å². The van der Waals surface area contributed by atoms with E-state index in [0.717, 1.165) is 34.9 Å². The van der Waals surface area contributed by atoms with Gasteiger partial charge in [-0.1, -0.05) is 49.9 Å². The summed E-state index contributed by atoms with van der Waals surface area (Å²) in [7, 11) is 0. The molecule has 1 aliphatic rings. The molecule has 0 saturated heterocycles. The number of thioether (sulfide) groups is 1. The molecular formula is C19H24N4OS. The third-order valence-electron chi connectivity index (χ3n) is 4.10. The Labute approximate surface area is 152 Å². The Kier molecular flexibility index (Phi) is 5.58. The highest BCUT2D eigenvalue weighted by Gasteiger charge is 2.24. The highest BCUT2D eigenvalue weighted by molar-refractivity contribution is 7.98. The molecule has 1 N–H and O–H groups in total. The van der Waals surface area contributed by atoms with Crippen molar-refractivity contribution in [1.29, 1.82) is 0 Å². The lowest BCUT2D eigenvalue weighted by Crippen LogP contribution is -2.26. The molecule has 0 spiro atoms. The average molecular weight is 356 g/mol. The molecule has 132 valence electrons. The summed E-state index contributed by atoms with van der Waals surface area (Å²) in [5.41, 5.74) is 1.77. The highest BCUT2D eigenvalue weighted by Crippen LogP contribution is 2.26. The van der Waals surface area contributed by atoms with E-state index in [1.807, 2.05) is 30.3 Å². The van der Waals surface area contributed by atoms with E-state index < -0.39 is 0 Å². The zero-order valence-electron chi connectivity index (χ0n) is 14.7. The van der Waals surface area contributed by atoms with Gasteiger partial charge in [0.1, 0.15) is 5.82 Å². The summed E-state index contributed by atoms with van der Waals surface area (Å²) in [6.07, 6.45) is 4.03. The Balaban J connectivity index is 1.75. The van der Waals surface area contributed by atoms with Crippen molar-refractivity contribution in [2.24, 2.45) is 0 Å². The number of amides is 1. The smallest absolute Gasteiger partial charge is 0.251 e. The van der Waals surface area contributed by atoms with Gasteiger partial charge in [0.25, 0.3) is 5.91 Å². The maximum atomic E-state index is 12.4. The van der Waals surface area contributed by atoms with Crippen LogP contribution in [0.4, 0.5) is 0 Å². The molecule has 1 amide bonds. The van der Waals surface area contributed by atoms with Gasteiger partial charge in [0, 0.05) is 29.8 Å². The number of hydrogen-bond donors (Lipinski definition) is 1. The molecule has 2 aromatic rings. The van der Waals surface area contributed by atoms with Gasteiger partial charge in [0.05, 0.1) is 0 Å². The normalized spacial score (nSPS) is 13.9. The summed E-state index contributed by atoms with van der Waals surface area (Å²) < 4.78 is 2.09. The maximum Gasteiger partial charge on any atom is 0.251 e. The molecule has 0 atom stereocenters. The molecule has 0 bridgehead atoms. The molecule has 1 fully saturated rings. The summed E-state index contributed by atoms with van der Waals surface area (Å²) in [6, 6.07) is 8.14. The molecule has 0 unspecified atom stereocenters. The van der Waals surface area contributed by atoms with Gasteiger partial charge >= 0.3 is 0 Å². The predicted octanol–water partition coefficient (Wildman–Crippen LogP) is 3.77. The van der Waals surface area contributed by atoms with Gasteiger partial charge in [0.15, 0.2) is 5.16 Å². The zero-order chi connectivity index (χ0) is 17.8. The fourth-order valence-electron chi connectivity index (χ4n) is 2.64. The first-order chi connectivity index (χ1) is 12.1. The molecule has 25 heavy (non-hydrogen) atoms. The number of benzene rings is 1. The monoisotopic (exact) mass is 356 g/mol. The molecule has 6 heteroatoms. The molecule has 5 nitrogen and oxygen atoms in total. The van der Waals surface area contributed by atoms with Gasteiger partial charge < -0.3 is 9.88 Å². The second-order valence-electron chi connectivity index (χ2n) is 6.59. The first kappa shape index (κ1) is 17.7. The Morgan fingerprint density at radius 3 is 2.84 bits per heavy atom. The summed E-state index contributed by atoms with van der Waals surface area (Å²) in [4.78, 5) is 12.4. The number of aromatic nitrogens is 3. The fourth-order valence-corrected chi connectivity index (χ4v) is 3.59. The molecule has 0 radical (unpaired) electrons. The minimum absolute atomic E-state index is 0.0223. The van der Waals surface area contributed by atoms with Crippen LogP contribution in [0.3, 0.4) is 0 Å². The Morgan fingerprint density at radius 2 is 2.16 bits per heavy atom. The summed E-state index contributed by atoms with van der Waals surface area (Å²) in [5.74, 6) is 1.97. The van der Waals surface area contributed by atoms with Crippen LogP contribution in [-0.2, 0) is 12.3 Å². The van der Waals surface area contributed by atoms with Crippen molar-refractivity contribution in [3.8, 4) is 0 Å². The number of nitrogens with zero attached hydrogens (tertiary/aromatic N) is 3. The van der Waals surface area contributed by atoms with Gasteiger partial charge in [-0.05, 0) is 24.5 Å². The van der Waals surface area contributed by atoms with Gasteiger partial charge in [-0.25, -0.2) is 0 Å². The molecule has 1 aliphatic carbocycles. The van der Waals surface area contributed by atoms with Gasteiger partial charge in [-0.3, -0.25) is 4.79 Å². The molecule has 1 saturated carbocycles. The minimum Gasteiger partial charge on any atom is -0.349 e. The maximum absolute atomic E-state index is 12.4. The van der Waals surface area contributed by atoms with Crippen LogP contribution in [0, 0.1) is 0 Å². The van der Waals surface area contributed by atoms with E-state index in [1.54, 1.807) is 11.8 Å². The minimum atomic E-state index is 0.0223. The molecular weight excluding hydrogens is 332 g/mol. The molecule has 1 aromatic carbocycles. The Hall–Kier alpha value is -2.08. The lowest BCUT2D eigenvalue weighted by atomic mass is 10.1. The van der Waals surface area contributed by atoms with Crippen LogP contribution in [-0.4, -0.2) is 26.7 Å². The Bertz CT molecular complexity index is 765. The number of nitrogens with one attached hydrogen (secondary N) is 1. The summed E-state index contributed by atoms with van der Waals surface area (Å²) in [5, 5.41) is 12.6. The lowest BCUT2D eigenvalue weighted by molar-refractivity contribution is 0.0950. The molecule has 0 aliphatic heterocycles. The van der Waals surface area contributed by atoms with Crippen LogP contribution < -0.4 is 5.32 Å². The van der Waals surface area contributed by atoms with E-state index in [-0.39, 0.29) is 5.91 Å². The second kappa shape index (κ2) is 7.87. The van der Waals surface area contributed by atoms with Crippen LogP contribution in [0.2, 0.25) is 0 Å². The number of carbonyl (C=O) groups is 1. The topological polar surface area (TPSA) is 59.8 Å². The first-order valence-electron chi connectivity index (χ1n) is 8.65. The molecule has 1 heterocycles. The molecule has 1 aromatic heterocycles. The van der Waals surface area contributed by atoms with Crippen molar-refractivity contribution < 1.29 is 4.79 Å². The summed E-state index contributed by atoms with van der Waals surface area (Å²) >= 11 is 1.61. The van der Waals surface area contributed by atoms with Crippen molar-refractivity contribution >= 4 is 17.7 Å². The van der Waals surface area contributed by atoms with Crippen LogP contribution in [0.25, 0.3) is 0 Å². The van der Waals surface area contributed by atoms with Crippen LogP contribution in [0.1, 0.15) is 54.4 Å². The lowest BCUT2D eigenvalue weighted by Gasteiger charge is -2.11. The SMILES string of the molecule is C=CCn1c(SCc2ccccc2C(=O)NC2CC2)nnc1C(C)C. The van der Waals surface area contributed by atoms with E-state index in [0.29, 0.717) is 24.3 Å². The number of rotatable bonds is 8.